The third-order valence-corrected chi connectivity index (χ3v) is 5.02. The average Bonchev–Trinajstić information content (AvgIpc) is 2.28. The lowest BCUT2D eigenvalue weighted by Crippen LogP contribution is -2.27. The van der Waals surface area contributed by atoms with Crippen molar-refractivity contribution in [3.8, 4) is 5.75 Å². The van der Waals surface area contributed by atoms with Crippen molar-refractivity contribution in [3.05, 3.63) is 24.3 Å². The van der Waals surface area contributed by atoms with E-state index in [9.17, 15) is 8.42 Å². The van der Waals surface area contributed by atoms with Crippen LogP contribution in [0.3, 0.4) is 0 Å². The van der Waals surface area contributed by atoms with Gasteiger partial charge in [-0.2, -0.15) is 0 Å². The first-order valence-corrected chi connectivity index (χ1v) is 6.91. The molecule has 0 unspecified atom stereocenters. The number of benzene rings is 1. The van der Waals surface area contributed by atoms with Gasteiger partial charge in [0.15, 0.2) is 0 Å². The van der Waals surface area contributed by atoms with Gasteiger partial charge in [-0.25, -0.2) is 8.42 Å². The van der Waals surface area contributed by atoms with Gasteiger partial charge in [0.2, 0.25) is 10.0 Å². The third-order valence-electron chi connectivity index (χ3n) is 1.98. The maximum Gasteiger partial charge on any atom is 0.245 e. The van der Waals surface area contributed by atoms with Crippen molar-refractivity contribution in [2.45, 2.75) is 0 Å². The molecule has 6 heteroatoms. The van der Waals surface area contributed by atoms with E-state index in [4.69, 9.17) is 4.74 Å². The van der Waals surface area contributed by atoms with Gasteiger partial charge in [0, 0.05) is 7.05 Å². The van der Waals surface area contributed by atoms with Gasteiger partial charge in [-0.1, -0.05) is 28.1 Å². The van der Waals surface area contributed by atoms with Crippen LogP contribution in [0.25, 0.3) is 0 Å². The first-order chi connectivity index (χ1) is 7.03. The second-order valence-electron chi connectivity index (χ2n) is 2.86. The number of methoxy groups -OCH3 is 1. The second kappa shape index (κ2) is 4.85. The van der Waals surface area contributed by atoms with E-state index in [0.29, 0.717) is 11.4 Å². The molecule has 1 aromatic carbocycles. The molecule has 1 aromatic rings. The maximum atomic E-state index is 11.6. The molecule has 84 valence electrons. The summed E-state index contributed by atoms with van der Waals surface area (Å²) in [4.78, 5) is 0. The van der Waals surface area contributed by atoms with Crippen LogP contribution in [0.4, 0.5) is 5.69 Å². The summed E-state index contributed by atoms with van der Waals surface area (Å²) in [5.41, 5.74) is 0.527. The highest BCUT2D eigenvalue weighted by atomic mass is 79.9. The van der Waals surface area contributed by atoms with Gasteiger partial charge < -0.3 is 4.74 Å². The second-order valence-corrected chi connectivity index (χ2v) is 6.16. The Bertz CT molecular complexity index is 433. The van der Waals surface area contributed by atoms with E-state index in [1.54, 1.807) is 24.3 Å². The van der Waals surface area contributed by atoms with E-state index in [1.165, 1.54) is 18.5 Å². The molecule has 0 spiro atoms. The molecule has 4 nitrogen and oxygen atoms in total. The Labute approximate surface area is 98.0 Å². The molecule has 15 heavy (non-hydrogen) atoms. The fourth-order valence-corrected chi connectivity index (χ4v) is 2.63. The minimum absolute atomic E-state index is 0.117. The highest BCUT2D eigenvalue weighted by Gasteiger charge is 2.19. The van der Waals surface area contributed by atoms with Crippen molar-refractivity contribution < 1.29 is 13.2 Å². The fraction of sp³-hybridized carbons (Fsp3) is 0.333. The highest BCUT2D eigenvalue weighted by Crippen LogP contribution is 2.28. The van der Waals surface area contributed by atoms with Gasteiger partial charge in [-0.15, -0.1) is 0 Å². The molecular formula is C9H12BrNO3S. The van der Waals surface area contributed by atoms with Crippen LogP contribution in [0, 0.1) is 0 Å². The maximum absolute atomic E-state index is 11.6. The van der Waals surface area contributed by atoms with Crippen molar-refractivity contribution in [1.82, 2.24) is 0 Å². The summed E-state index contributed by atoms with van der Waals surface area (Å²) in [6, 6.07) is 6.96. The minimum atomic E-state index is -3.31. The molecule has 0 aliphatic carbocycles. The monoisotopic (exact) mass is 293 g/mol. The summed E-state index contributed by atoms with van der Waals surface area (Å²) in [6.45, 7) is 0. The van der Waals surface area contributed by atoms with Gasteiger partial charge in [0.1, 0.15) is 10.4 Å². The topological polar surface area (TPSA) is 46.6 Å². The molecule has 0 N–H and O–H groups in total. The highest BCUT2D eigenvalue weighted by molar-refractivity contribution is 9.10. The van der Waals surface area contributed by atoms with Gasteiger partial charge in [-0.05, 0) is 12.1 Å². The van der Waals surface area contributed by atoms with Crippen LogP contribution >= 0.6 is 15.9 Å². The molecule has 0 aromatic heterocycles. The van der Waals surface area contributed by atoms with E-state index in [2.05, 4.69) is 15.9 Å². The minimum Gasteiger partial charge on any atom is -0.495 e. The largest absolute Gasteiger partial charge is 0.495 e. The number of para-hydroxylation sites is 2. The molecule has 0 aliphatic heterocycles. The van der Waals surface area contributed by atoms with Gasteiger partial charge in [0.25, 0.3) is 0 Å². The lowest BCUT2D eigenvalue weighted by Gasteiger charge is -2.20. The third kappa shape index (κ3) is 2.63. The number of anilines is 1. The van der Waals surface area contributed by atoms with Crippen molar-refractivity contribution in [3.63, 3.8) is 0 Å². The average molecular weight is 294 g/mol. The number of halogens is 1. The Morgan fingerprint density at radius 2 is 2.00 bits per heavy atom. The molecular weight excluding hydrogens is 282 g/mol. The number of hydrogen-bond donors (Lipinski definition) is 0. The van der Waals surface area contributed by atoms with Crippen molar-refractivity contribution in [2.75, 3.05) is 23.1 Å². The Kier molecular flexibility index (Phi) is 3.98. The Balaban J connectivity index is 3.17. The number of hydrogen-bond acceptors (Lipinski definition) is 3. The zero-order valence-electron chi connectivity index (χ0n) is 8.47. The lowest BCUT2D eigenvalue weighted by molar-refractivity contribution is 0.416. The summed E-state index contributed by atoms with van der Waals surface area (Å²) in [5.74, 6) is 0.532. The molecule has 0 saturated heterocycles. The Hall–Kier alpha value is -0.750. The van der Waals surface area contributed by atoms with E-state index < -0.39 is 10.0 Å². The van der Waals surface area contributed by atoms with E-state index in [-0.39, 0.29) is 4.66 Å². The summed E-state index contributed by atoms with van der Waals surface area (Å²) >= 11 is 2.94. The predicted octanol–water partition coefficient (Wildman–Crippen LogP) is 1.81. The lowest BCUT2D eigenvalue weighted by atomic mass is 10.3. The molecule has 0 heterocycles. The first kappa shape index (κ1) is 12.3. The van der Waals surface area contributed by atoms with Crippen LogP contribution in [0.2, 0.25) is 0 Å². The van der Waals surface area contributed by atoms with Crippen LogP contribution in [-0.4, -0.2) is 27.2 Å². The SMILES string of the molecule is COc1ccccc1N(C)S(=O)(=O)CBr. The number of rotatable bonds is 4. The van der Waals surface area contributed by atoms with E-state index in [0.717, 1.165) is 0 Å². The number of sulfonamides is 1. The molecule has 0 amide bonds. The van der Waals surface area contributed by atoms with E-state index in [1.807, 2.05) is 0 Å². The zero-order chi connectivity index (χ0) is 11.5. The number of alkyl halides is 1. The van der Waals surface area contributed by atoms with E-state index >= 15 is 0 Å². The summed E-state index contributed by atoms with van der Waals surface area (Å²) in [7, 11) is -0.312. The fourth-order valence-electron chi connectivity index (χ4n) is 1.11. The zero-order valence-corrected chi connectivity index (χ0v) is 10.9. The molecule has 1 rings (SSSR count). The molecule has 0 radical (unpaired) electrons. The first-order valence-electron chi connectivity index (χ1n) is 4.18. The standard InChI is InChI=1S/C9H12BrNO3S/c1-11(15(12,13)7-10)8-5-3-4-6-9(8)14-2/h3-6H,7H2,1-2H3. The molecule has 0 atom stereocenters. The van der Waals surface area contributed by atoms with Crippen LogP contribution in [-0.2, 0) is 10.0 Å². The van der Waals surface area contributed by atoms with Crippen LogP contribution in [0.15, 0.2) is 24.3 Å². The molecule has 0 bridgehead atoms. The van der Waals surface area contributed by atoms with Gasteiger partial charge in [0.05, 0.1) is 12.8 Å². The smallest absolute Gasteiger partial charge is 0.245 e. The Morgan fingerprint density at radius 1 is 1.40 bits per heavy atom. The number of nitrogens with zero attached hydrogens (tertiary/aromatic N) is 1. The van der Waals surface area contributed by atoms with Gasteiger partial charge >= 0.3 is 0 Å². The van der Waals surface area contributed by atoms with Gasteiger partial charge in [-0.3, -0.25) is 4.31 Å². The molecule has 0 aliphatic rings. The molecule has 0 fully saturated rings. The van der Waals surface area contributed by atoms with Crippen molar-refractivity contribution in [2.24, 2.45) is 0 Å². The van der Waals surface area contributed by atoms with Crippen LogP contribution in [0.1, 0.15) is 0 Å². The summed E-state index contributed by atoms with van der Waals surface area (Å²) < 4.78 is 29.3. The predicted molar refractivity (Wildman–Crippen MR) is 64.1 cm³/mol. The van der Waals surface area contributed by atoms with Crippen LogP contribution < -0.4 is 9.04 Å². The van der Waals surface area contributed by atoms with Crippen molar-refractivity contribution >= 4 is 31.6 Å². The Morgan fingerprint density at radius 3 is 2.53 bits per heavy atom. The molecule has 0 saturated carbocycles. The van der Waals surface area contributed by atoms with Crippen LogP contribution in [0.5, 0.6) is 5.75 Å². The quantitative estimate of drug-likeness (QED) is 0.796. The summed E-state index contributed by atoms with van der Waals surface area (Å²) in [6.07, 6.45) is 0. The summed E-state index contributed by atoms with van der Waals surface area (Å²) in [5, 5.41) is 0. The van der Waals surface area contributed by atoms with Crippen molar-refractivity contribution in [1.29, 1.82) is 0 Å². The number of ether oxygens (including phenoxy) is 1. The normalized spacial score (nSPS) is 11.1.